The maximum atomic E-state index is 12.6. The molecule has 3 N–H and O–H groups in total. The normalized spacial score (nSPS) is 24.4. The molecule has 0 bridgehead atoms. The lowest BCUT2D eigenvalue weighted by atomic mass is 9.94. The monoisotopic (exact) mass is 448 g/mol. The molecule has 0 radical (unpaired) electrons. The van der Waals surface area contributed by atoms with Crippen LogP contribution in [0.1, 0.15) is 38.7 Å². The van der Waals surface area contributed by atoms with E-state index in [0.29, 0.717) is 32.5 Å². The van der Waals surface area contributed by atoms with Gasteiger partial charge in [-0.05, 0) is 32.3 Å². The summed E-state index contributed by atoms with van der Waals surface area (Å²) < 4.78 is 5.02. The van der Waals surface area contributed by atoms with Gasteiger partial charge in [-0.2, -0.15) is 0 Å². The molecule has 3 rings (SSSR count). The number of benzene rings is 1. The minimum Gasteiger partial charge on any atom is -0.450 e. The minimum absolute atomic E-state index is 0.0160. The summed E-state index contributed by atoms with van der Waals surface area (Å²) in [7, 11) is 0. The van der Waals surface area contributed by atoms with Crippen molar-refractivity contribution in [3.8, 4) is 0 Å². The Kier molecular flexibility index (Phi) is 8.60. The SMILES string of the molecule is CCOC(=O)N1CCC(NC(=O)CC2C(=O)NC(SCc3ccccc3)NC2C)CC1. The number of carbonyl (C=O) groups excluding carboxylic acids is 3. The van der Waals surface area contributed by atoms with Crippen LogP contribution in [0.5, 0.6) is 0 Å². The second-order valence-corrected chi connectivity index (χ2v) is 9.07. The van der Waals surface area contributed by atoms with Gasteiger partial charge in [0.25, 0.3) is 0 Å². The van der Waals surface area contributed by atoms with Crippen LogP contribution in [0.4, 0.5) is 4.79 Å². The average Bonchev–Trinajstić information content (AvgIpc) is 2.76. The smallest absolute Gasteiger partial charge is 0.409 e. The number of ether oxygens (including phenoxy) is 1. The predicted molar refractivity (Wildman–Crippen MR) is 120 cm³/mol. The molecule has 0 aromatic heterocycles. The molecule has 0 spiro atoms. The first-order valence-electron chi connectivity index (χ1n) is 10.9. The first-order chi connectivity index (χ1) is 15.0. The fourth-order valence-electron chi connectivity index (χ4n) is 3.88. The zero-order chi connectivity index (χ0) is 22.2. The Balaban J connectivity index is 1.40. The second kappa shape index (κ2) is 11.4. The van der Waals surface area contributed by atoms with Crippen LogP contribution in [0, 0.1) is 5.92 Å². The lowest BCUT2D eigenvalue weighted by Crippen LogP contribution is -2.60. The van der Waals surface area contributed by atoms with Crippen LogP contribution >= 0.6 is 11.8 Å². The molecule has 1 aromatic rings. The largest absolute Gasteiger partial charge is 0.450 e. The number of hydrogen-bond donors (Lipinski definition) is 3. The highest BCUT2D eigenvalue weighted by Crippen LogP contribution is 2.22. The Morgan fingerprint density at radius 3 is 2.58 bits per heavy atom. The molecule has 3 atom stereocenters. The van der Waals surface area contributed by atoms with Crippen LogP contribution in [0.3, 0.4) is 0 Å². The molecule has 170 valence electrons. The van der Waals surface area contributed by atoms with Crippen LogP contribution in [0.15, 0.2) is 30.3 Å². The van der Waals surface area contributed by atoms with Crippen molar-refractivity contribution in [2.24, 2.45) is 5.92 Å². The highest BCUT2D eigenvalue weighted by molar-refractivity contribution is 7.99. The summed E-state index contributed by atoms with van der Waals surface area (Å²) >= 11 is 1.63. The van der Waals surface area contributed by atoms with Crippen molar-refractivity contribution in [2.45, 2.75) is 56.4 Å². The molecule has 2 heterocycles. The molecule has 2 fully saturated rings. The van der Waals surface area contributed by atoms with E-state index in [2.05, 4.69) is 28.1 Å². The Hall–Kier alpha value is -2.26. The molecule has 31 heavy (non-hydrogen) atoms. The van der Waals surface area contributed by atoms with Gasteiger partial charge in [-0.1, -0.05) is 30.3 Å². The van der Waals surface area contributed by atoms with E-state index in [4.69, 9.17) is 4.74 Å². The molecule has 9 heteroatoms. The third-order valence-corrected chi connectivity index (χ3v) is 6.77. The molecule has 2 saturated heterocycles. The highest BCUT2D eigenvalue weighted by atomic mass is 32.2. The minimum atomic E-state index is -0.409. The van der Waals surface area contributed by atoms with Crippen molar-refractivity contribution in [3.05, 3.63) is 35.9 Å². The number of amides is 3. The summed E-state index contributed by atoms with van der Waals surface area (Å²) in [5.74, 6) is 0.164. The molecule has 8 nitrogen and oxygen atoms in total. The number of carbonyl (C=O) groups is 3. The topological polar surface area (TPSA) is 99.8 Å². The molecule has 0 saturated carbocycles. The summed E-state index contributed by atoms with van der Waals surface area (Å²) in [5.41, 5.74) is 1.03. The first-order valence-corrected chi connectivity index (χ1v) is 11.9. The van der Waals surface area contributed by atoms with Gasteiger partial charge in [-0.3, -0.25) is 14.9 Å². The van der Waals surface area contributed by atoms with E-state index in [-0.39, 0.29) is 41.9 Å². The second-order valence-electron chi connectivity index (χ2n) is 7.98. The number of nitrogens with one attached hydrogen (secondary N) is 3. The molecule has 1 aromatic carbocycles. The number of rotatable bonds is 7. The van der Waals surface area contributed by atoms with E-state index in [1.165, 1.54) is 5.56 Å². The van der Waals surface area contributed by atoms with Gasteiger partial charge in [0.15, 0.2) is 0 Å². The molecular weight excluding hydrogens is 416 g/mol. The van der Waals surface area contributed by atoms with Gasteiger partial charge >= 0.3 is 6.09 Å². The van der Waals surface area contributed by atoms with E-state index in [1.54, 1.807) is 23.6 Å². The van der Waals surface area contributed by atoms with Crippen molar-refractivity contribution < 1.29 is 19.1 Å². The molecular formula is C22H32N4O4S. The number of piperidine rings is 1. The van der Waals surface area contributed by atoms with Crippen LogP contribution < -0.4 is 16.0 Å². The van der Waals surface area contributed by atoms with E-state index in [0.717, 1.165) is 5.75 Å². The van der Waals surface area contributed by atoms with Gasteiger partial charge in [-0.25, -0.2) is 4.79 Å². The fourth-order valence-corrected chi connectivity index (χ4v) is 4.94. The van der Waals surface area contributed by atoms with Gasteiger partial charge in [0.1, 0.15) is 5.50 Å². The van der Waals surface area contributed by atoms with Crippen LogP contribution in [0.25, 0.3) is 0 Å². The number of hydrogen-bond acceptors (Lipinski definition) is 6. The summed E-state index contributed by atoms with van der Waals surface area (Å²) in [5, 5.41) is 9.41. The Morgan fingerprint density at radius 1 is 1.23 bits per heavy atom. The maximum Gasteiger partial charge on any atom is 0.409 e. The van der Waals surface area contributed by atoms with Crippen LogP contribution in [-0.4, -0.2) is 60.1 Å². The van der Waals surface area contributed by atoms with E-state index in [1.807, 2.05) is 25.1 Å². The lowest BCUT2D eigenvalue weighted by Gasteiger charge is -2.36. The first kappa shape index (κ1) is 23.4. The van der Waals surface area contributed by atoms with E-state index < -0.39 is 5.92 Å². The zero-order valence-electron chi connectivity index (χ0n) is 18.1. The summed E-state index contributed by atoms with van der Waals surface area (Å²) in [4.78, 5) is 38.6. The van der Waals surface area contributed by atoms with Gasteiger partial charge < -0.3 is 20.3 Å². The Bertz CT molecular complexity index is 755. The van der Waals surface area contributed by atoms with Crippen LogP contribution in [0.2, 0.25) is 0 Å². The summed E-state index contributed by atoms with van der Waals surface area (Å²) in [6.07, 6.45) is 1.22. The Labute approximate surface area is 187 Å². The van der Waals surface area contributed by atoms with Crippen molar-refractivity contribution >= 4 is 29.7 Å². The molecule has 3 unspecified atom stereocenters. The van der Waals surface area contributed by atoms with Crippen LogP contribution in [-0.2, 0) is 20.1 Å². The van der Waals surface area contributed by atoms with Crippen molar-refractivity contribution in [2.75, 3.05) is 19.7 Å². The van der Waals surface area contributed by atoms with Crippen molar-refractivity contribution in [1.82, 2.24) is 20.9 Å². The molecule has 2 aliphatic rings. The van der Waals surface area contributed by atoms with Gasteiger partial charge in [-0.15, -0.1) is 11.8 Å². The maximum absolute atomic E-state index is 12.6. The quantitative estimate of drug-likeness (QED) is 0.590. The predicted octanol–water partition coefficient (Wildman–Crippen LogP) is 2.05. The number of thioether (sulfide) groups is 1. The van der Waals surface area contributed by atoms with E-state index >= 15 is 0 Å². The average molecular weight is 449 g/mol. The van der Waals surface area contributed by atoms with E-state index in [9.17, 15) is 14.4 Å². The molecule has 2 aliphatic heterocycles. The Morgan fingerprint density at radius 2 is 1.94 bits per heavy atom. The van der Waals surface area contributed by atoms with Crippen molar-refractivity contribution in [1.29, 1.82) is 0 Å². The summed E-state index contributed by atoms with van der Waals surface area (Å²) in [6.45, 7) is 5.21. The van der Waals surface area contributed by atoms with Crippen molar-refractivity contribution in [3.63, 3.8) is 0 Å². The third-order valence-electron chi connectivity index (χ3n) is 5.68. The zero-order valence-corrected chi connectivity index (χ0v) is 19.0. The molecule has 0 aliphatic carbocycles. The van der Waals surface area contributed by atoms with Gasteiger partial charge in [0.2, 0.25) is 11.8 Å². The molecule has 3 amide bonds. The third kappa shape index (κ3) is 6.87. The number of nitrogens with zero attached hydrogens (tertiary/aromatic N) is 1. The summed E-state index contributed by atoms with van der Waals surface area (Å²) in [6, 6.07) is 10.0. The highest BCUT2D eigenvalue weighted by Gasteiger charge is 2.35. The number of likely N-dealkylation sites (tertiary alicyclic amines) is 1. The lowest BCUT2D eigenvalue weighted by molar-refractivity contribution is -0.133. The standard InChI is InChI=1S/C22H32N4O4S/c1-3-30-22(29)26-11-9-17(10-12-26)24-19(27)13-18-15(2)23-21(25-20(18)28)31-14-16-7-5-4-6-8-16/h4-8,15,17-18,21,23H,3,9-14H2,1-2H3,(H,24,27)(H,25,28). The van der Waals surface area contributed by atoms with Gasteiger partial charge in [0.05, 0.1) is 12.5 Å². The fraction of sp³-hybridized carbons (Fsp3) is 0.591. The van der Waals surface area contributed by atoms with Gasteiger partial charge in [0, 0.05) is 37.3 Å².